The number of carboxylic acids is 1. The van der Waals surface area contributed by atoms with Crippen LogP contribution in [0.15, 0.2) is 0 Å². The fourth-order valence-corrected chi connectivity index (χ4v) is 2.08. The number of piperidine rings is 1. The fraction of sp³-hybridized carbons (Fsp3) is 0.750. The number of carbonyl (C=O) groups is 3. The summed E-state index contributed by atoms with van der Waals surface area (Å²) in [6.07, 6.45) is 1.58. The Morgan fingerprint density at radius 3 is 2.80 bits per heavy atom. The van der Waals surface area contributed by atoms with Crippen LogP contribution in [0.1, 0.15) is 12.8 Å². The van der Waals surface area contributed by atoms with Crippen LogP contribution < -0.4 is 10.6 Å². The monoisotopic (exact) mass is 287 g/mol. The van der Waals surface area contributed by atoms with Crippen LogP contribution in [0.4, 0.5) is 4.79 Å². The Morgan fingerprint density at radius 2 is 2.15 bits per heavy atom. The van der Waals surface area contributed by atoms with Gasteiger partial charge in [-0.05, 0) is 12.8 Å². The van der Waals surface area contributed by atoms with Crippen LogP contribution in [0.3, 0.4) is 0 Å². The molecule has 1 fully saturated rings. The molecule has 1 saturated heterocycles. The van der Waals surface area contributed by atoms with E-state index in [0.717, 1.165) is 12.8 Å². The topological polar surface area (TPSA) is 108 Å². The van der Waals surface area contributed by atoms with Crippen molar-refractivity contribution in [1.29, 1.82) is 0 Å². The number of ether oxygens (including phenoxy) is 1. The predicted molar refractivity (Wildman–Crippen MR) is 70.2 cm³/mol. The van der Waals surface area contributed by atoms with Gasteiger partial charge in [0.2, 0.25) is 5.91 Å². The first-order chi connectivity index (χ1) is 9.54. The number of hydrogen-bond donors (Lipinski definition) is 3. The maximum atomic E-state index is 11.9. The molecule has 1 aliphatic heterocycles. The second kappa shape index (κ2) is 8.36. The number of nitrogens with zero attached hydrogens (tertiary/aromatic N) is 1. The Balaban J connectivity index is 2.25. The van der Waals surface area contributed by atoms with Crippen LogP contribution in [0, 0.1) is 5.92 Å². The standard InChI is InChI=1S/C12H21N3O5/c1-13-11(18)9-3-2-5-15(7-9)12(19)14-4-6-20-8-10(16)17/h9H,2-8H2,1H3,(H,13,18)(H,14,19)(H,16,17). The quantitative estimate of drug-likeness (QED) is 0.557. The van der Waals surface area contributed by atoms with E-state index in [1.807, 2.05) is 0 Å². The predicted octanol–water partition coefficient (Wildman–Crippen LogP) is -0.745. The van der Waals surface area contributed by atoms with E-state index >= 15 is 0 Å². The van der Waals surface area contributed by atoms with Gasteiger partial charge in [0, 0.05) is 26.7 Å². The van der Waals surface area contributed by atoms with Gasteiger partial charge in [0.05, 0.1) is 12.5 Å². The van der Waals surface area contributed by atoms with E-state index in [1.165, 1.54) is 0 Å². The van der Waals surface area contributed by atoms with E-state index in [9.17, 15) is 14.4 Å². The molecule has 1 atom stereocenters. The minimum absolute atomic E-state index is 0.0488. The van der Waals surface area contributed by atoms with Crippen molar-refractivity contribution in [2.75, 3.05) is 39.9 Å². The van der Waals surface area contributed by atoms with E-state index in [0.29, 0.717) is 13.1 Å². The first kappa shape index (κ1) is 16.2. The number of rotatable bonds is 6. The molecule has 8 nitrogen and oxygen atoms in total. The maximum absolute atomic E-state index is 11.9. The summed E-state index contributed by atoms with van der Waals surface area (Å²) in [5, 5.41) is 13.6. The zero-order chi connectivity index (χ0) is 15.0. The van der Waals surface area contributed by atoms with Crippen molar-refractivity contribution < 1.29 is 24.2 Å². The van der Waals surface area contributed by atoms with Gasteiger partial charge in [-0.1, -0.05) is 0 Å². The Hall–Kier alpha value is -1.83. The average Bonchev–Trinajstić information content (AvgIpc) is 2.45. The first-order valence-electron chi connectivity index (χ1n) is 6.58. The summed E-state index contributed by atoms with van der Waals surface area (Å²) in [5.74, 6) is -1.25. The average molecular weight is 287 g/mol. The Labute approximate surface area is 117 Å². The number of amides is 3. The van der Waals surface area contributed by atoms with E-state index < -0.39 is 5.97 Å². The summed E-state index contributed by atoms with van der Waals surface area (Å²) in [6.45, 7) is 1.03. The summed E-state index contributed by atoms with van der Waals surface area (Å²) in [7, 11) is 1.58. The zero-order valence-electron chi connectivity index (χ0n) is 11.6. The van der Waals surface area contributed by atoms with Gasteiger partial charge in [-0.15, -0.1) is 0 Å². The molecule has 0 aromatic heterocycles. The summed E-state index contributed by atoms with van der Waals surface area (Å²) in [6, 6.07) is -0.252. The fourth-order valence-electron chi connectivity index (χ4n) is 2.08. The lowest BCUT2D eigenvalue weighted by atomic mass is 9.97. The van der Waals surface area contributed by atoms with E-state index in [4.69, 9.17) is 9.84 Å². The SMILES string of the molecule is CNC(=O)C1CCCN(C(=O)NCCOCC(=O)O)C1. The van der Waals surface area contributed by atoms with Gasteiger partial charge >= 0.3 is 12.0 Å². The highest BCUT2D eigenvalue weighted by Gasteiger charge is 2.27. The molecule has 1 unspecified atom stereocenters. The van der Waals surface area contributed by atoms with Gasteiger partial charge in [-0.25, -0.2) is 9.59 Å². The number of aliphatic carboxylic acids is 1. The third-order valence-corrected chi connectivity index (χ3v) is 3.07. The largest absolute Gasteiger partial charge is 0.480 e. The van der Waals surface area contributed by atoms with Crippen molar-refractivity contribution in [3.05, 3.63) is 0 Å². The number of carbonyl (C=O) groups excluding carboxylic acids is 2. The summed E-state index contributed by atoms with van der Waals surface area (Å²) in [5.41, 5.74) is 0. The van der Waals surface area contributed by atoms with Crippen LogP contribution in [0.2, 0.25) is 0 Å². The summed E-state index contributed by atoms with van der Waals surface area (Å²) < 4.78 is 4.81. The molecule has 0 aromatic carbocycles. The van der Waals surface area contributed by atoms with Gasteiger partial charge in [0.1, 0.15) is 6.61 Å². The normalized spacial score (nSPS) is 18.4. The van der Waals surface area contributed by atoms with Gasteiger partial charge in [0.15, 0.2) is 0 Å². The van der Waals surface area contributed by atoms with Crippen molar-refractivity contribution in [1.82, 2.24) is 15.5 Å². The third kappa shape index (κ3) is 5.43. The zero-order valence-corrected chi connectivity index (χ0v) is 11.6. The van der Waals surface area contributed by atoms with E-state index in [-0.39, 0.29) is 37.6 Å². The molecule has 3 amide bonds. The Morgan fingerprint density at radius 1 is 1.40 bits per heavy atom. The third-order valence-electron chi connectivity index (χ3n) is 3.07. The number of nitrogens with one attached hydrogen (secondary N) is 2. The number of likely N-dealkylation sites (tertiary alicyclic amines) is 1. The van der Waals surface area contributed by atoms with Crippen molar-refractivity contribution in [2.24, 2.45) is 5.92 Å². The van der Waals surface area contributed by atoms with Crippen molar-refractivity contribution >= 4 is 17.9 Å². The van der Waals surface area contributed by atoms with Crippen LogP contribution >= 0.6 is 0 Å². The molecular weight excluding hydrogens is 266 g/mol. The molecule has 1 rings (SSSR count). The summed E-state index contributed by atoms with van der Waals surface area (Å²) >= 11 is 0. The molecule has 0 saturated carbocycles. The maximum Gasteiger partial charge on any atom is 0.329 e. The molecule has 114 valence electrons. The van der Waals surface area contributed by atoms with Gasteiger partial charge in [-0.2, -0.15) is 0 Å². The van der Waals surface area contributed by atoms with Crippen molar-refractivity contribution in [3.8, 4) is 0 Å². The number of carboxylic acid groups (broad SMARTS) is 1. The molecule has 20 heavy (non-hydrogen) atoms. The molecule has 0 aliphatic carbocycles. The lowest BCUT2D eigenvalue weighted by Crippen LogP contribution is -2.49. The van der Waals surface area contributed by atoms with Gasteiger partial charge in [-0.3, -0.25) is 4.79 Å². The molecule has 0 bridgehead atoms. The molecule has 0 spiro atoms. The highest BCUT2D eigenvalue weighted by atomic mass is 16.5. The summed E-state index contributed by atoms with van der Waals surface area (Å²) in [4.78, 5) is 35.2. The number of hydrogen-bond acceptors (Lipinski definition) is 4. The van der Waals surface area contributed by atoms with Crippen molar-refractivity contribution in [3.63, 3.8) is 0 Å². The van der Waals surface area contributed by atoms with E-state index in [1.54, 1.807) is 11.9 Å². The lowest BCUT2D eigenvalue weighted by molar-refractivity contribution is -0.142. The molecule has 0 aromatic rings. The van der Waals surface area contributed by atoms with Gasteiger partial charge < -0.3 is 25.4 Å². The molecule has 8 heteroatoms. The van der Waals surface area contributed by atoms with Crippen molar-refractivity contribution in [2.45, 2.75) is 12.8 Å². The van der Waals surface area contributed by atoms with Crippen LogP contribution in [-0.2, 0) is 14.3 Å². The van der Waals surface area contributed by atoms with Crippen LogP contribution in [0.25, 0.3) is 0 Å². The minimum atomic E-state index is -1.04. The second-order valence-corrected chi connectivity index (χ2v) is 4.58. The molecule has 1 heterocycles. The highest BCUT2D eigenvalue weighted by molar-refractivity contribution is 5.80. The Kier molecular flexibility index (Phi) is 6.78. The minimum Gasteiger partial charge on any atom is -0.480 e. The van der Waals surface area contributed by atoms with Crippen LogP contribution in [0.5, 0.6) is 0 Å². The first-order valence-corrected chi connectivity index (χ1v) is 6.58. The molecule has 3 N–H and O–H groups in total. The number of urea groups is 1. The van der Waals surface area contributed by atoms with E-state index in [2.05, 4.69) is 10.6 Å². The second-order valence-electron chi connectivity index (χ2n) is 4.58. The lowest BCUT2D eigenvalue weighted by Gasteiger charge is -2.31. The van der Waals surface area contributed by atoms with Gasteiger partial charge in [0.25, 0.3) is 0 Å². The molecule has 1 aliphatic rings. The Bertz CT molecular complexity index is 361. The molecule has 0 radical (unpaired) electrons. The van der Waals surface area contributed by atoms with Crippen LogP contribution in [-0.4, -0.2) is 67.8 Å². The molecular formula is C12H21N3O5. The smallest absolute Gasteiger partial charge is 0.329 e. The highest BCUT2D eigenvalue weighted by Crippen LogP contribution is 2.16.